The molecule has 0 aromatic heterocycles. The van der Waals surface area contributed by atoms with Crippen molar-refractivity contribution in [3.8, 4) is 0 Å². The molecular weight excluding hydrogens is 192 g/mol. The fourth-order valence-electron chi connectivity index (χ4n) is 3.13. The second-order valence-corrected chi connectivity index (χ2v) is 5.18. The van der Waals surface area contributed by atoms with E-state index in [1.54, 1.807) is 0 Å². The first kappa shape index (κ1) is 9.82. The van der Waals surface area contributed by atoms with Crippen molar-refractivity contribution >= 4 is 0 Å². The normalized spacial score (nSPS) is 43.1. The van der Waals surface area contributed by atoms with Gasteiger partial charge >= 0.3 is 0 Å². The molecule has 0 amide bonds. The zero-order valence-corrected chi connectivity index (χ0v) is 9.16. The van der Waals surface area contributed by atoms with E-state index in [0.717, 1.165) is 25.7 Å². The van der Waals surface area contributed by atoms with Gasteiger partial charge in [-0.25, -0.2) is 0 Å². The summed E-state index contributed by atoms with van der Waals surface area (Å²) in [4.78, 5) is 0. The first-order chi connectivity index (χ1) is 7.15. The number of fused-ring (bicyclic) bond motifs is 1. The molecule has 1 saturated carbocycles. The number of ether oxygens (including phenoxy) is 2. The van der Waals surface area contributed by atoms with E-state index < -0.39 is 0 Å². The Morgan fingerprint density at radius 1 is 1.33 bits per heavy atom. The van der Waals surface area contributed by atoms with E-state index in [0.29, 0.717) is 13.2 Å². The van der Waals surface area contributed by atoms with Gasteiger partial charge in [0.25, 0.3) is 0 Å². The van der Waals surface area contributed by atoms with Crippen molar-refractivity contribution in [2.75, 3.05) is 13.2 Å². The van der Waals surface area contributed by atoms with Gasteiger partial charge in [-0.3, -0.25) is 0 Å². The van der Waals surface area contributed by atoms with Crippen LogP contribution in [0.3, 0.4) is 0 Å². The van der Waals surface area contributed by atoms with Crippen LogP contribution in [0.4, 0.5) is 0 Å². The van der Waals surface area contributed by atoms with E-state index in [1.807, 2.05) is 0 Å². The van der Waals surface area contributed by atoms with Crippen molar-refractivity contribution in [3.63, 3.8) is 0 Å². The zero-order valence-electron chi connectivity index (χ0n) is 9.16. The number of hydrogen-bond donors (Lipinski definition) is 1. The monoisotopic (exact) mass is 210 g/mol. The Morgan fingerprint density at radius 2 is 2.07 bits per heavy atom. The molecule has 84 valence electrons. The van der Waals surface area contributed by atoms with E-state index in [1.165, 1.54) is 5.57 Å². The molecule has 0 aromatic carbocycles. The largest absolute Gasteiger partial charge is 0.392 e. The Bertz CT molecular complexity index is 304. The van der Waals surface area contributed by atoms with E-state index >= 15 is 0 Å². The minimum atomic E-state index is -0.352. The average Bonchev–Trinajstić information content (AvgIpc) is 2.78. The smallest absolute Gasteiger partial charge is 0.172 e. The lowest BCUT2D eigenvalue weighted by molar-refractivity contribution is -0.180. The van der Waals surface area contributed by atoms with Crippen molar-refractivity contribution < 1.29 is 14.6 Å². The van der Waals surface area contributed by atoms with Gasteiger partial charge in [0.05, 0.1) is 19.3 Å². The van der Waals surface area contributed by atoms with Gasteiger partial charge in [-0.15, -0.1) is 0 Å². The number of rotatable bonds is 0. The predicted molar refractivity (Wildman–Crippen MR) is 55.3 cm³/mol. The lowest BCUT2D eigenvalue weighted by atomic mass is 9.69. The number of aliphatic hydroxyl groups is 1. The first-order valence-corrected chi connectivity index (χ1v) is 5.80. The zero-order chi connectivity index (χ0) is 10.5. The molecule has 0 aromatic rings. The van der Waals surface area contributed by atoms with Crippen LogP contribution in [-0.4, -0.2) is 30.2 Å². The van der Waals surface area contributed by atoms with Crippen molar-refractivity contribution in [2.24, 2.45) is 5.41 Å². The van der Waals surface area contributed by atoms with Gasteiger partial charge in [0.1, 0.15) is 0 Å². The first-order valence-electron chi connectivity index (χ1n) is 5.80. The van der Waals surface area contributed by atoms with Crippen LogP contribution in [0.15, 0.2) is 11.6 Å². The average molecular weight is 210 g/mol. The molecular formula is C12H18O3. The Kier molecular flexibility index (Phi) is 2.00. The number of hydrogen-bond acceptors (Lipinski definition) is 3. The summed E-state index contributed by atoms with van der Waals surface area (Å²) in [5.74, 6) is -0.352. The summed E-state index contributed by atoms with van der Waals surface area (Å²) >= 11 is 0. The summed E-state index contributed by atoms with van der Waals surface area (Å²) in [6.45, 7) is 3.59. The van der Waals surface area contributed by atoms with Gasteiger partial charge in [0.15, 0.2) is 5.79 Å². The van der Waals surface area contributed by atoms with E-state index in [-0.39, 0.29) is 17.3 Å². The second kappa shape index (κ2) is 3.06. The van der Waals surface area contributed by atoms with E-state index in [9.17, 15) is 5.11 Å². The summed E-state index contributed by atoms with van der Waals surface area (Å²) in [5, 5.41) is 9.98. The molecule has 1 spiro atoms. The molecule has 3 aliphatic rings. The minimum absolute atomic E-state index is 0.0133. The Labute approximate surface area is 90.1 Å². The van der Waals surface area contributed by atoms with E-state index in [2.05, 4.69) is 13.0 Å². The summed E-state index contributed by atoms with van der Waals surface area (Å²) in [6.07, 6.45) is 5.50. The van der Waals surface area contributed by atoms with Gasteiger partial charge in [0, 0.05) is 18.3 Å². The van der Waals surface area contributed by atoms with Crippen LogP contribution in [0.1, 0.15) is 32.6 Å². The lowest BCUT2D eigenvalue weighted by Gasteiger charge is -2.43. The maximum Gasteiger partial charge on any atom is 0.172 e. The maximum atomic E-state index is 9.98. The van der Waals surface area contributed by atoms with Crippen molar-refractivity contribution in [2.45, 2.75) is 44.5 Å². The SMILES string of the molecule is C[C@]12CCC3(CC1=CC[C@H]2O)OCCO3. The van der Waals surface area contributed by atoms with Gasteiger partial charge in [-0.05, 0) is 12.8 Å². The third kappa shape index (κ3) is 1.30. The highest BCUT2D eigenvalue weighted by Gasteiger charge is 2.51. The molecule has 15 heavy (non-hydrogen) atoms. The molecule has 3 heteroatoms. The fraction of sp³-hybridized carbons (Fsp3) is 0.833. The molecule has 2 aliphatic carbocycles. The van der Waals surface area contributed by atoms with E-state index in [4.69, 9.17) is 9.47 Å². The topological polar surface area (TPSA) is 38.7 Å². The maximum absolute atomic E-state index is 9.98. The molecule has 1 N–H and O–H groups in total. The Hall–Kier alpha value is -0.380. The van der Waals surface area contributed by atoms with Crippen LogP contribution < -0.4 is 0 Å². The molecule has 1 saturated heterocycles. The molecule has 0 bridgehead atoms. The van der Waals surface area contributed by atoms with Crippen LogP contribution in [0.5, 0.6) is 0 Å². The highest BCUT2D eigenvalue weighted by atomic mass is 16.7. The third-order valence-corrected chi connectivity index (χ3v) is 4.36. The molecule has 3 rings (SSSR count). The predicted octanol–water partition coefficient (Wildman–Crippen LogP) is 1.61. The third-order valence-electron chi connectivity index (χ3n) is 4.36. The molecule has 1 aliphatic heterocycles. The number of aliphatic hydroxyl groups excluding tert-OH is 1. The van der Waals surface area contributed by atoms with Crippen LogP contribution >= 0.6 is 0 Å². The van der Waals surface area contributed by atoms with Crippen LogP contribution in [0, 0.1) is 5.41 Å². The summed E-state index contributed by atoms with van der Waals surface area (Å²) in [5.41, 5.74) is 1.32. The lowest BCUT2D eigenvalue weighted by Crippen LogP contribution is -2.43. The van der Waals surface area contributed by atoms with Gasteiger partial charge in [-0.2, -0.15) is 0 Å². The Balaban J connectivity index is 1.85. The van der Waals surface area contributed by atoms with Crippen LogP contribution in [0.25, 0.3) is 0 Å². The van der Waals surface area contributed by atoms with Gasteiger partial charge in [-0.1, -0.05) is 18.6 Å². The van der Waals surface area contributed by atoms with Crippen molar-refractivity contribution in [1.82, 2.24) is 0 Å². The molecule has 2 atom stereocenters. The summed E-state index contributed by atoms with van der Waals surface area (Å²) in [6, 6.07) is 0. The Morgan fingerprint density at radius 3 is 2.80 bits per heavy atom. The fourth-order valence-corrected chi connectivity index (χ4v) is 3.13. The second-order valence-electron chi connectivity index (χ2n) is 5.18. The highest BCUT2D eigenvalue weighted by molar-refractivity contribution is 5.26. The highest BCUT2D eigenvalue weighted by Crippen LogP contribution is 2.53. The van der Waals surface area contributed by atoms with Crippen LogP contribution in [-0.2, 0) is 9.47 Å². The van der Waals surface area contributed by atoms with Crippen molar-refractivity contribution in [1.29, 1.82) is 0 Å². The molecule has 0 unspecified atom stereocenters. The summed E-state index contributed by atoms with van der Waals surface area (Å²) < 4.78 is 11.5. The minimum Gasteiger partial charge on any atom is -0.392 e. The molecule has 3 nitrogen and oxygen atoms in total. The standard InChI is InChI=1S/C12H18O3/c1-11-4-5-12(14-6-7-15-12)8-9(11)2-3-10(11)13/h2,10,13H,3-8H2,1H3/t10-,11+/m1/s1. The molecule has 0 radical (unpaired) electrons. The van der Waals surface area contributed by atoms with Gasteiger partial charge < -0.3 is 14.6 Å². The quantitative estimate of drug-likeness (QED) is 0.617. The van der Waals surface area contributed by atoms with Crippen molar-refractivity contribution in [3.05, 3.63) is 11.6 Å². The van der Waals surface area contributed by atoms with Gasteiger partial charge in [0.2, 0.25) is 0 Å². The molecule has 1 heterocycles. The summed E-state index contributed by atoms with van der Waals surface area (Å²) in [7, 11) is 0. The molecule has 2 fully saturated rings. The van der Waals surface area contributed by atoms with Crippen LogP contribution in [0.2, 0.25) is 0 Å².